The Morgan fingerprint density at radius 2 is 1.96 bits per heavy atom. The molecule has 1 aliphatic rings. The van der Waals surface area contributed by atoms with E-state index in [4.69, 9.17) is 0 Å². The quantitative estimate of drug-likeness (QED) is 0.723. The number of hydrogen-bond donors (Lipinski definition) is 2. The lowest BCUT2D eigenvalue weighted by Gasteiger charge is -2.15. The van der Waals surface area contributed by atoms with Gasteiger partial charge < -0.3 is 15.2 Å². The van der Waals surface area contributed by atoms with E-state index in [2.05, 4.69) is 15.3 Å². The minimum Gasteiger partial charge on any atom is -0.356 e. The van der Waals surface area contributed by atoms with Gasteiger partial charge in [0.2, 0.25) is 5.91 Å². The van der Waals surface area contributed by atoms with Crippen LogP contribution in [-0.4, -0.2) is 64.3 Å². The summed E-state index contributed by atoms with van der Waals surface area (Å²) in [5.41, 5.74) is 0.369. The van der Waals surface area contributed by atoms with Gasteiger partial charge in [0, 0.05) is 27.1 Å². The van der Waals surface area contributed by atoms with E-state index in [1.807, 2.05) is 0 Å². The van der Waals surface area contributed by atoms with E-state index in [9.17, 15) is 19.2 Å². The Hall–Kier alpha value is -3.23. The van der Waals surface area contributed by atoms with Crippen LogP contribution < -0.4 is 10.9 Å². The first kappa shape index (κ1) is 17.6. The minimum atomic E-state index is -0.786. The second-order valence-corrected chi connectivity index (χ2v) is 6.14. The molecule has 1 saturated heterocycles. The highest BCUT2D eigenvalue weighted by Crippen LogP contribution is 2.16. The molecule has 26 heavy (non-hydrogen) atoms. The number of aromatic nitrogens is 2. The molecule has 0 bridgehead atoms. The van der Waals surface area contributed by atoms with Crippen LogP contribution in [0, 0.1) is 0 Å². The molecule has 136 valence electrons. The highest BCUT2D eigenvalue weighted by Gasteiger charge is 2.41. The number of para-hydroxylation sites is 1. The van der Waals surface area contributed by atoms with Crippen molar-refractivity contribution in [3.05, 3.63) is 40.4 Å². The van der Waals surface area contributed by atoms with E-state index in [0.29, 0.717) is 23.1 Å². The number of hydrogen-bond acceptors (Lipinski definition) is 5. The van der Waals surface area contributed by atoms with Gasteiger partial charge in [-0.05, 0) is 12.1 Å². The maximum Gasteiger partial charge on any atom is 0.326 e. The number of rotatable bonds is 5. The molecule has 2 N–H and O–H groups in total. The Morgan fingerprint density at radius 1 is 1.23 bits per heavy atom. The normalized spacial score (nSPS) is 17.2. The summed E-state index contributed by atoms with van der Waals surface area (Å²) in [6, 6.07) is 5.80. The number of carbonyl (C=O) groups excluding carboxylic acids is 3. The highest BCUT2D eigenvalue weighted by atomic mass is 16.2. The molecule has 3 rings (SSSR count). The first-order valence-electron chi connectivity index (χ1n) is 8.17. The van der Waals surface area contributed by atoms with Crippen LogP contribution in [0.5, 0.6) is 0 Å². The summed E-state index contributed by atoms with van der Waals surface area (Å²) in [6.45, 7) is 0.258. The minimum absolute atomic E-state index is 0.104. The van der Waals surface area contributed by atoms with E-state index in [-0.39, 0.29) is 24.4 Å². The molecule has 0 radical (unpaired) electrons. The smallest absolute Gasteiger partial charge is 0.326 e. The molecular formula is C17H19N5O4. The number of aromatic amines is 1. The zero-order valence-corrected chi connectivity index (χ0v) is 14.5. The average molecular weight is 357 g/mol. The van der Waals surface area contributed by atoms with Gasteiger partial charge in [0.25, 0.3) is 11.5 Å². The number of urea groups is 1. The van der Waals surface area contributed by atoms with Crippen molar-refractivity contribution < 1.29 is 14.4 Å². The predicted octanol–water partition coefficient (Wildman–Crippen LogP) is -0.136. The lowest BCUT2D eigenvalue weighted by Crippen LogP contribution is -2.38. The number of H-pyrrole nitrogens is 1. The van der Waals surface area contributed by atoms with Crippen molar-refractivity contribution in [2.75, 3.05) is 20.6 Å². The largest absolute Gasteiger partial charge is 0.356 e. The molecule has 4 amide bonds. The molecule has 1 aromatic carbocycles. The van der Waals surface area contributed by atoms with Gasteiger partial charge in [0.15, 0.2) is 0 Å². The number of benzene rings is 1. The Bertz CT molecular complexity index is 938. The van der Waals surface area contributed by atoms with Gasteiger partial charge in [-0.25, -0.2) is 9.78 Å². The van der Waals surface area contributed by atoms with Crippen LogP contribution in [0.4, 0.5) is 4.79 Å². The maximum absolute atomic E-state index is 12.1. The monoisotopic (exact) mass is 357 g/mol. The zero-order chi connectivity index (χ0) is 18.8. The second-order valence-electron chi connectivity index (χ2n) is 6.14. The summed E-state index contributed by atoms with van der Waals surface area (Å²) in [4.78, 5) is 57.0. The van der Waals surface area contributed by atoms with Crippen molar-refractivity contribution in [3.8, 4) is 0 Å². The number of carbonyl (C=O) groups is 3. The SMILES string of the molecule is CN1C(=O)C(CC(=O)NCCc2nc3ccccc3c(=O)[nH]2)N(C)C1=O. The van der Waals surface area contributed by atoms with Crippen LogP contribution in [-0.2, 0) is 16.0 Å². The molecule has 1 unspecified atom stereocenters. The molecule has 2 aromatic rings. The zero-order valence-electron chi connectivity index (χ0n) is 14.5. The Morgan fingerprint density at radius 3 is 2.65 bits per heavy atom. The number of nitrogens with one attached hydrogen (secondary N) is 2. The highest BCUT2D eigenvalue weighted by molar-refractivity contribution is 6.05. The van der Waals surface area contributed by atoms with Crippen molar-refractivity contribution in [2.24, 2.45) is 0 Å². The van der Waals surface area contributed by atoms with E-state index in [1.165, 1.54) is 19.0 Å². The van der Waals surface area contributed by atoms with Crippen LogP contribution in [0.1, 0.15) is 12.2 Å². The van der Waals surface area contributed by atoms with Gasteiger partial charge in [-0.15, -0.1) is 0 Å². The van der Waals surface area contributed by atoms with Gasteiger partial charge in [0.05, 0.1) is 17.3 Å². The summed E-state index contributed by atoms with van der Waals surface area (Å²) in [6.07, 6.45) is 0.242. The first-order valence-corrected chi connectivity index (χ1v) is 8.17. The topological polar surface area (TPSA) is 115 Å². The molecule has 0 saturated carbocycles. The molecule has 1 aliphatic heterocycles. The summed E-state index contributed by atoms with van der Waals surface area (Å²) in [5, 5.41) is 3.20. The molecule has 1 atom stereocenters. The van der Waals surface area contributed by atoms with Crippen molar-refractivity contribution in [3.63, 3.8) is 0 Å². The van der Waals surface area contributed by atoms with Gasteiger partial charge in [-0.1, -0.05) is 12.1 Å². The lowest BCUT2D eigenvalue weighted by atomic mass is 10.2. The van der Waals surface area contributed by atoms with Crippen LogP contribution in [0.2, 0.25) is 0 Å². The Balaban J connectivity index is 1.57. The standard InChI is InChI=1S/C17H19N5O4/c1-21-12(16(25)22(2)17(21)26)9-14(23)18-8-7-13-19-11-6-4-3-5-10(11)15(24)20-13/h3-6,12H,7-9H2,1-2H3,(H,18,23)(H,19,20,24). The number of amides is 4. The molecule has 1 fully saturated rings. The molecule has 1 aromatic heterocycles. The van der Waals surface area contributed by atoms with E-state index in [1.54, 1.807) is 24.3 Å². The fourth-order valence-corrected chi connectivity index (χ4v) is 2.90. The van der Waals surface area contributed by atoms with Gasteiger partial charge in [0.1, 0.15) is 11.9 Å². The number of imide groups is 1. The predicted molar refractivity (Wildman–Crippen MR) is 93.4 cm³/mol. The van der Waals surface area contributed by atoms with Crippen LogP contribution >= 0.6 is 0 Å². The third-order valence-electron chi connectivity index (χ3n) is 4.40. The summed E-state index contributed by atoms with van der Waals surface area (Å²) in [5.74, 6) is -0.271. The van der Waals surface area contributed by atoms with Crippen LogP contribution in [0.25, 0.3) is 10.9 Å². The third kappa shape index (κ3) is 3.28. The van der Waals surface area contributed by atoms with E-state index < -0.39 is 18.0 Å². The molecule has 0 aliphatic carbocycles. The maximum atomic E-state index is 12.1. The second kappa shape index (κ2) is 6.95. The fraction of sp³-hybridized carbons (Fsp3) is 0.353. The first-order chi connectivity index (χ1) is 12.4. The summed E-state index contributed by atoms with van der Waals surface area (Å²) < 4.78 is 0. The van der Waals surface area contributed by atoms with Gasteiger partial charge in [-0.3, -0.25) is 19.3 Å². The van der Waals surface area contributed by atoms with Gasteiger partial charge >= 0.3 is 6.03 Å². The lowest BCUT2D eigenvalue weighted by molar-refractivity contribution is -0.131. The molecule has 9 heteroatoms. The number of likely N-dealkylation sites (N-methyl/N-ethyl adjacent to an activating group) is 2. The molecule has 0 spiro atoms. The Labute approximate surface area is 149 Å². The molecule has 9 nitrogen and oxygen atoms in total. The van der Waals surface area contributed by atoms with Crippen molar-refractivity contribution in [1.29, 1.82) is 0 Å². The summed E-state index contributed by atoms with van der Waals surface area (Å²) in [7, 11) is 2.88. The van der Waals surface area contributed by atoms with E-state index in [0.717, 1.165) is 4.90 Å². The van der Waals surface area contributed by atoms with Crippen molar-refractivity contribution in [2.45, 2.75) is 18.9 Å². The number of nitrogens with zero attached hydrogens (tertiary/aromatic N) is 3. The van der Waals surface area contributed by atoms with Gasteiger partial charge in [-0.2, -0.15) is 0 Å². The Kier molecular flexibility index (Phi) is 4.70. The molecule has 2 heterocycles. The van der Waals surface area contributed by atoms with E-state index >= 15 is 0 Å². The fourth-order valence-electron chi connectivity index (χ4n) is 2.90. The third-order valence-corrected chi connectivity index (χ3v) is 4.40. The summed E-state index contributed by atoms with van der Waals surface area (Å²) >= 11 is 0. The van der Waals surface area contributed by atoms with Crippen LogP contribution in [0.3, 0.4) is 0 Å². The van der Waals surface area contributed by atoms with Crippen molar-refractivity contribution in [1.82, 2.24) is 25.1 Å². The average Bonchev–Trinajstić information content (AvgIpc) is 2.80. The van der Waals surface area contributed by atoms with Crippen LogP contribution in [0.15, 0.2) is 29.1 Å². The molecular weight excluding hydrogens is 338 g/mol. The number of fused-ring (bicyclic) bond motifs is 1. The van der Waals surface area contributed by atoms with Crippen molar-refractivity contribution >= 4 is 28.7 Å².